The molecule has 3 nitrogen and oxygen atoms in total. The zero-order chi connectivity index (χ0) is 64.9. The Kier molecular flexibility index (Phi) is 27.7. The average Bonchev–Trinajstić information content (AvgIpc) is 0.927. The van der Waals surface area contributed by atoms with Gasteiger partial charge in [0.2, 0.25) is 0 Å². The third-order valence-electron chi connectivity index (χ3n) is 14.7. The molecule has 14 aromatic rings. The van der Waals surface area contributed by atoms with Gasteiger partial charge in [-0.1, -0.05) is 364 Å². The van der Waals surface area contributed by atoms with Crippen LogP contribution >= 0.6 is 31.7 Å². The Morgan fingerprint density at radius 3 is 0.642 bits per heavy atom. The standard InChI is InChI=1S/4C18H15P.C13H9F2NO2.Pd/c4*1-4-10-16(11-5-1)19(17-12-6-2-7-13-17)18-14-8-3-9-15-18;1-7-4-8(14)2-3-10(7)12-11(13(17)18)5-9(15)6-16-12;/h4*1-15H;2-6H,1H3,(H,17,18);. The van der Waals surface area contributed by atoms with Gasteiger partial charge in [0.1, 0.15) is 11.6 Å². The van der Waals surface area contributed by atoms with Crippen molar-refractivity contribution in [3.63, 3.8) is 0 Å². The Bertz CT molecular complexity index is 3630. The van der Waals surface area contributed by atoms with E-state index in [4.69, 9.17) is 5.11 Å². The maximum absolute atomic E-state index is 13.0. The fourth-order valence-corrected chi connectivity index (χ4v) is 19.6. The minimum absolute atomic E-state index is 0. The number of aromatic nitrogens is 1. The summed E-state index contributed by atoms with van der Waals surface area (Å²) in [5, 5.41) is 25.8. The van der Waals surface area contributed by atoms with Crippen LogP contribution in [0.4, 0.5) is 8.78 Å². The van der Waals surface area contributed by atoms with Crippen LogP contribution in [0.3, 0.4) is 0 Å². The molecule has 0 saturated carbocycles. The minimum atomic E-state index is -1.28. The molecule has 0 aliphatic carbocycles. The molecule has 0 aliphatic rings. The molecule has 1 heterocycles. The quantitative estimate of drug-likeness (QED) is 0.0872. The fourth-order valence-electron chi connectivity index (χ4n) is 10.4. The van der Waals surface area contributed by atoms with Crippen molar-refractivity contribution < 1.29 is 39.1 Å². The molecule has 1 aromatic heterocycles. The second-order valence-corrected chi connectivity index (χ2v) is 30.1. The third kappa shape index (κ3) is 20.4. The maximum Gasteiger partial charge on any atom is 0.338 e. The van der Waals surface area contributed by atoms with Gasteiger partial charge in [0.05, 0.1) is 17.5 Å². The Labute approximate surface area is 576 Å². The van der Waals surface area contributed by atoms with Crippen LogP contribution in [0, 0.1) is 18.6 Å². The molecular formula is C85H69F2NO2P4Pd. The molecule has 0 spiro atoms. The van der Waals surface area contributed by atoms with Gasteiger partial charge in [-0.3, -0.25) is 4.98 Å². The van der Waals surface area contributed by atoms with Crippen molar-refractivity contribution >= 4 is 101 Å². The number of pyridine rings is 1. The number of hydrogen-bond acceptors (Lipinski definition) is 2. The van der Waals surface area contributed by atoms with Crippen molar-refractivity contribution in [3.05, 3.63) is 417 Å². The largest absolute Gasteiger partial charge is 0.478 e. The van der Waals surface area contributed by atoms with E-state index in [0.29, 0.717) is 11.1 Å². The first-order valence-corrected chi connectivity index (χ1v) is 36.1. The van der Waals surface area contributed by atoms with Gasteiger partial charge < -0.3 is 5.11 Å². The summed E-state index contributed by atoms with van der Waals surface area (Å²) >= 11 is 0. The number of halogens is 2. The summed E-state index contributed by atoms with van der Waals surface area (Å²) in [5.41, 5.74) is 0.886. The van der Waals surface area contributed by atoms with E-state index < -0.39 is 49.3 Å². The van der Waals surface area contributed by atoms with Gasteiger partial charge in [0, 0.05) is 26.0 Å². The van der Waals surface area contributed by atoms with Gasteiger partial charge in [-0.05, 0) is 132 Å². The van der Waals surface area contributed by atoms with Crippen molar-refractivity contribution in [2.24, 2.45) is 0 Å². The van der Waals surface area contributed by atoms with Crippen LogP contribution in [0.5, 0.6) is 0 Å². The van der Waals surface area contributed by atoms with Crippen LogP contribution in [0.1, 0.15) is 15.9 Å². The van der Waals surface area contributed by atoms with E-state index in [1.807, 2.05) is 0 Å². The second-order valence-electron chi connectivity index (χ2n) is 21.2. The predicted molar refractivity (Wildman–Crippen MR) is 402 cm³/mol. The number of carboxylic acid groups (broad SMARTS) is 1. The molecule has 10 heteroatoms. The molecular weight excluding hydrogens is 1340 g/mol. The first kappa shape index (κ1) is 70.0. The Balaban J connectivity index is 0.000000139. The van der Waals surface area contributed by atoms with Gasteiger partial charge in [-0.2, -0.15) is 0 Å². The molecule has 0 fully saturated rings. The molecule has 14 rings (SSSR count). The number of carboxylic acids is 1. The number of carbonyl (C=O) groups is 1. The molecule has 0 amide bonds. The topological polar surface area (TPSA) is 50.2 Å². The molecule has 0 atom stereocenters. The van der Waals surface area contributed by atoms with Crippen LogP contribution in [0.25, 0.3) is 11.3 Å². The Morgan fingerprint density at radius 2 is 0.474 bits per heavy atom. The molecule has 0 radical (unpaired) electrons. The van der Waals surface area contributed by atoms with Crippen LogP contribution in [0.2, 0.25) is 0 Å². The van der Waals surface area contributed by atoms with Gasteiger partial charge in [-0.15, -0.1) is 0 Å². The van der Waals surface area contributed by atoms with Crippen molar-refractivity contribution in [2.45, 2.75) is 6.92 Å². The fraction of sp³-hybridized carbons (Fsp3) is 0.0118. The molecule has 0 unspecified atom stereocenters. The predicted octanol–water partition coefficient (Wildman–Crippen LogP) is 16.8. The SMILES string of the molecule is Cc1cc(F)ccc1-c1ncc(F)cc1C(=O)O.[Pd].c1ccc(P(c2ccccc2)c2ccccc2)cc1.c1ccc(P(c2ccccc2)c2ccccc2)cc1.c1ccc(P(c2ccccc2)c2ccccc2)cc1.c1ccc(P(c2ccccc2)c2ccccc2)cc1. The minimum Gasteiger partial charge on any atom is -0.478 e. The van der Waals surface area contributed by atoms with E-state index in [1.54, 1.807) is 6.92 Å². The molecule has 95 heavy (non-hydrogen) atoms. The molecule has 0 saturated heterocycles. The maximum atomic E-state index is 13.0. The van der Waals surface area contributed by atoms with E-state index >= 15 is 0 Å². The number of aryl methyl sites for hydroxylation is 1. The van der Waals surface area contributed by atoms with Crippen LogP contribution in [-0.4, -0.2) is 16.1 Å². The summed E-state index contributed by atoms with van der Waals surface area (Å²) in [7, 11) is -1.78. The van der Waals surface area contributed by atoms with Crippen molar-refractivity contribution in [1.29, 1.82) is 0 Å². The van der Waals surface area contributed by atoms with Gasteiger partial charge in [0.25, 0.3) is 0 Å². The summed E-state index contributed by atoms with van der Waals surface area (Å²) in [5.74, 6) is -2.42. The monoisotopic (exact) mass is 1400 g/mol. The van der Waals surface area contributed by atoms with E-state index in [0.717, 1.165) is 12.3 Å². The van der Waals surface area contributed by atoms with Crippen LogP contribution in [0.15, 0.2) is 394 Å². The summed E-state index contributed by atoms with van der Waals surface area (Å²) < 4.78 is 26.0. The smallest absolute Gasteiger partial charge is 0.338 e. The van der Waals surface area contributed by atoms with Crippen molar-refractivity contribution in [2.75, 3.05) is 0 Å². The summed E-state index contributed by atoms with van der Waals surface area (Å²) in [6.07, 6.45) is 0.935. The third-order valence-corrected chi connectivity index (χ3v) is 24.5. The first-order chi connectivity index (χ1) is 46.3. The molecule has 470 valence electrons. The molecule has 0 bridgehead atoms. The van der Waals surface area contributed by atoms with E-state index in [2.05, 4.69) is 369 Å². The Morgan fingerprint density at radius 1 is 0.284 bits per heavy atom. The zero-order valence-corrected chi connectivity index (χ0v) is 57.3. The normalized spacial score (nSPS) is 10.4. The molecule has 1 N–H and O–H groups in total. The van der Waals surface area contributed by atoms with Crippen molar-refractivity contribution in [3.8, 4) is 11.3 Å². The van der Waals surface area contributed by atoms with E-state index in [-0.39, 0.29) is 31.7 Å². The summed E-state index contributed by atoms with van der Waals surface area (Å²) in [6, 6.07) is 134. The van der Waals surface area contributed by atoms with Crippen molar-refractivity contribution in [1.82, 2.24) is 4.98 Å². The van der Waals surface area contributed by atoms with Gasteiger partial charge >= 0.3 is 5.97 Å². The van der Waals surface area contributed by atoms with Crippen LogP contribution < -0.4 is 63.7 Å². The zero-order valence-electron chi connectivity index (χ0n) is 52.2. The Hall–Kier alpha value is -9.28. The molecule has 0 aliphatic heterocycles. The molecule has 13 aromatic carbocycles. The van der Waals surface area contributed by atoms with Crippen LogP contribution in [-0.2, 0) is 20.4 Å². The second kappa shape index (κ2) is 37.6. The number of benzene rings is 13. The number of aromatic carboxylic acids is 1. The van der Waals surface area contributed by atoms with E-state index in [1.165, 1.54) is 81.9 Å². The average molecular weight is 1400 g/mol. The number of nitrogens with zero attached hydrogens (tertiary/aromatic N) is 1. The number of hydrogen-bond donors (Lipinski definition) is 1. The summed E-state index contributed by atoms with van der Waals surface area (Å²) in [6.45, 7) is 1.63. The first-order valence-electron chi connectivity index (χ1n) is 30.8. The number of rotatable bonds is 14. The van der Waals surface area contributed by atoms with Gasteiger partial charge in [-0.25, -0.2) is 13.6 Å². The van der Waals surface area contributed by atoms with E-state index in [9.17, 15) is 13.6 Å². The van der Waals surface area contributed by atoms with Gasteiger partial charge in [0.15, 0.2) is 0 Å². The summed E-state index contributed by atoms with van der Waals surface area (Å²) in [4.78, 5) is 14.8.